The number of nitrogens with zero attached hydrogens (tertiary/aromatic N) is 2. The summed E-state index contributed by atoms with van der Waals surface area (Å²) < 4.78 is 10.6. The molecule has 2 rings (SSSR count). The lowest BCUT2D eigenvalue weighted by molar-refractivity contribution is 0.0507. The number of furan rings is 1. The maximum Gasteiger partial charge on any atom is 0.407 e. The molecule has 1 saturated heterocycles. The number of hydrogen-bond donors (Lipinski definition) is 2. The summed E-state index contributed by atoms with van der Waals surface area (Å²) in [6.07, 6.45) is 2.99. The van der Waals surface area contributed by atoms with Crippen LogP contribution in [0, 0.1) is 0 Å². The van der Waals surface area contributed by atoms with Crippen molar-refractivity contribution < 1.29 is 13.9 Å². The fourth-order valence-corrected chi connectivity index (χ4v) is 2.63. The number of carbonyl (C=O) groups excluding carboxylic acids is 1. The Bertz CT molecular complexity index is 549. The average molecular weight is 336 g/mol. The molecule has 1 aliphatic rings. The lowest BCUT2D eigenvalue weighted by Crippen LogP contribution is -2.44. The number of rotatable bonds is 4. The predicted octanol–water partition coefficient (Wildman–Crippen LogP) is 2.00. The van der Waals surface area contributed by atoms with Crippen LogP contribution in [0.3, 0.4) is 0 Å². The van der Waals surface area contributed by atoms with E-state index in [4.69, 9.17) is 9.15 Å². The van der Waals surface area contributed by atoms with E-state index in [0.717, 1.165) is 44.2 Å². The molecular formula is C17H28N4O3. The Hall–Kier alpha value is -2.18. The third-order valence-electron chi connectivity index (χ3n) is 3.66. The Kier molecular flexibility index (Phi) is 6.11. The van der Waals surface area contributed by atoms with Crippen molar-refractivity contribution in [2.24, 2.45) is 4.99 Å². The molecule has 7 heteroatoms. The van der Waals surface area contributed by atoms with Gasteiger partial charge < -0.3 is 24.7 Å². The summed E-state index contributed by atoms with van der Waals surface area (Å²) >= 11 is 0. The third kappa shape index (κ3) is 5.79. The number of alkyl carbamates (subject to hydrolysis) is 1. The summed E-state index contributed by atoms with van der Waals surface area (Å²) in [5, 5.41) is 6.26. The monoisotopic (exact) mass is 336 g/mol. The molecule has 24 heavy (non-hydrogen) atoms. The molecule has 1 amide bonds. The minimum absolute atomic E-state index is 0.0727. The van der Waals surface area contributed by atoms with Gasteiger partial charge >= 0.3 is 6.09 Å². The van der Waals surface area contributed by atoms with Gasteiger partial charge in [0.15, 0.2) is 5.96 Å². The average Bonchev–Trinajstić information content (AvgIpc) is 3.13. The Balaban J connectivity index is 1.75. The second-order valence-electron chi connectivity index (χ2n) is 6.88. The number of carbonyl (C=O) groups is 1. The van der Waals surface area contributed by atoms with E-state index in [1.54, 1.807) is 13.3 Å². The number of guanidine groups is 1. The molecule has 1 fully saturated rings. The van der Waals surface area contributed by atoms with Crippen LogP contribution in [0.5, 0.6) is 0 Å². The summed E-state index contributed by atoms with van der Waals surface area (Å²) in [7, 11) is 1.77. The normalized spacial score (nSPS) is 18.6. The van der Waals surface area contributed by atoms with Crippen LogP contribution in [0.15, 0.2) is 27.8 Å². The SMILES string of the molecule is CN=C(NCCc1ccco1)N1CCC(NC(=O)OC(C)(C)C)C1. The van der Waals surface area contributed by atoms with E-state index >= 15 is 0 Å². The zero-order valence-electron chi connectivity index (χ0n) is 15.0. The summed E-state index contributed by atoms with van der Waals surface area (Å²) in [4.78, 5) is 18.3. The van der Waals surface area contributed by atoms with Crippen LogP contribution < -0.4 is 10.6 Å². The minimum Gasteiger partial charge on any atom is -0.469 e. The fourth-order valence-electron chi connectivity index (χ4n) is 2.63. The van der Waals surface area contributed by atoms with E-state index in [2.05, 4.69) is 20.5 Å². The van der Waals surface area contributed by atoms with Gasteiger partial charge in [-0.05, 0) is 39.3 Å². The first-order valence-electron chi connectivity index (χ1n) is 8.35. The van der Waals surface area contributed by atoms with Crippen molar-refractivity contribution in [1.82, 2.24) is 15.5 Å². The highest BCUT2D eigenvalue weighted by Crippen LogP contribution is 2.12. The van der Waals surface area contributed by atoms with E-state index < -0.39 is 5.60 Å². The van der Waals surface area contributed by atoms with Crippen molar-refractivity contribution in [3.8, 4) is 0 Å². The highest BCUT2D eigenvalue weighted by Gasteiger charge is 2.27. The largest absolute Gasteiger partial charge is 0.469 e. The van der Waals surface area contributed by atoms with Crippen LogP contribution in [0.1, 0.15) is 33.0 Å². The van der Waals surface area contributed by atoms with E-state index in [9.17, 15) is 4.79 Å². The Morgan fingerprint density at radius 3 is 2.92 bits per heavy atom. The lowest BCUT2D eigenvalue weighted by Gasteiger charge is -2.23. The summed E-state index contributed by atoms with van der Waals surface area (Å²) in [6.45, 7) is 7.90. The Labute approximate surface area is 143 Å². The van der Waals surface area contributed by atoms with E-state index in [1.807, 2.05) is 32.9 Å². The second kappa shape index (κ2) is 8.08. The molecule has 0 saturated carbocycles. The molecule has 0 aliphatic carbocycles. The van der Waals surface area contributed by atoms with Crippen LogP contribution in [0.4, 0.5) is 4.79 Å². The molecule has 2 N–H and O–H groups in total. The van der Waals surface area contributed by atoms with Gasteiger partial charge in [0.1, 0.15) is 11.4 Å². The highest BCUT2D eigenvalue weighted by molar-refractivity contribution is 5.80. The van der Waals surface area contributed by atoms with Gasteiger partial charge in [-0.25, -0.2) is 4.79 Å². The van der Waals surface area contributed by atoms with Crippen LogP contribution in [0.2, 0.25) is 0 Å². The molecule has 2 heterocycles. The lowest BCUT2D eigenvalue weighted by atomic mass is 10.2. The van der Waals surface area contributed by atoms with Crippen molar-refractivity contribution >= 4 is 12.1 Å². The first-order chi connectivity index (χ1) is 11.4. The standard InChI is InChI=1S/C17H28N4O3/c1-17(2,3)24-16(22)20-13-8-10-21(12-13)15(18-4)19-9-7-14-6-5-11-23-14/h5-6,11,13H,7-10,12H2,1-4H3,(H,18,19)(H,20,22). The number of nitrogens with one attached hydrogen (secondary N) is 2. The maximum atomic E-state index is 11.9. The molecule has 1 atom stereocenters. The second-order valence-corrected chi connectivity index (χ2v) is 6.88. The minimum atomic E-state index is -0.480. The molecular weight excluding hydrogens is 308 g/mol. The molecule has 0 bridgehead atoms. The van der Waals surface area contributed by atoms with E-state index in [1.165, 1.54) is 0 Å². The fraction of sp³-hybridized carbons (Fsp3) is 0.647. The molecule has 1 aromatic heterocycles. The molecule has 7 nitrogen and oxygen atoms in total. The van der Waals surface area contributed by atoms with Crippen LogP contribution in [0.25, 0.3) is 0 Å². The molecule has 1 unspecified atom stereocenters. The van der Waals surface area contributed by atoms with E-state index in [0.29, 0.717) is 0 Å². The van der Waals surface area contributed by atoms with Gasteiger partial charge in [-0.3, -0.25) is 4.99 Å². The molecule has 134 valence electrons. The van der Waals surface area contributed by atoms with Crippen molar-refractivity contribution in [2.75, 3.05) is 26.7 Å². The zero-order chi connectivity index (χ0) is 17.6. The molecule has 1 aromatic rings. The van der Waals surface area contributed by atoms with Crippen molar-refractivity contribution in [2.45, 2.75) is 45.3 Å². The van der Waals surface area contributed by atoms with Gasteiger partial charge in [-0.2, -0.15) is 0 Å². The summed E-state index contributed by atoms with van der Waals surface area (Å²) in [5.74, 6) is 1.79. The maximum absolute atomic E-state index is 11.9. The third-order valence-corrected chi connectivity index (χ3v) is 3.66. The topological polar surface area (TPSA) is 79.1 Å². The van der Waals surface area contributed by atoms with Gasteiger partial charge in [0.2, 0.25) is 0 Å². The Morgan fingerprint density at radius 2 is 2.29 bits per heavy atom. The van der Waals surface area contributed by atoms with Crippen molar-refractivity contribution in [3.63, 3.8) is 0 Å². The molecule has 0 radical (unpaired) electrons. The molecule has 0 spiro atoms. The van der Waals surface area contributed by atoms with E-state index in [-0.39, 0.29) is 12.1 Å². The number of hydrogen-bond acceptors (Lipinski definition) is 4. The molecule has 1 aliphatic heterocycles. The Morgan fingerprint density at radius 1 is 1.50 bits per heavy atom. The smallest absolute Gasteiger partial charge is 0.407 e. The van der Waals surface area contributed by atoms with Crippen molar-refractivity contribution in [3.05, 3.63) is 24.2 Å². The first kappa shape index (κ1) is 18.2. The van der Waals surface area contributed by atoms with Gasteiger partial charge in [0.25, 0.3) is 0 Å². The number of likely N-dealkylation sites (tertiary alicyclic amines) is 1. The number of amides is 1. The van der Waals surface area contributed by atoms with Gasteiger partial charge in [-0.15, -0.1) is 0 Å². The highest BCUT2D eigenvalue weighted by atomic mass is 16.6. The quantitative estimate of drug-likeness (QED) is 0.649. The van der Waals surface area contributed by atoms with Gasteiger partial charge in [0.05, 0.1) is 12.3 Å². The van der Waals surface area contributed by atoms with Gasteiger partial charge in [-0.1, -0.05) is 0 Å². The zero-order valence-corrected chi connectivity index (χ0v) is 15.0. The summed E-state index contributed by atoms with van der Waals surface area (Å²) in [6, 6.07) is 3.92. The van der Waals surface area contributed by atoms with Gasteiger partial charge in [0, 0.05) is 33.1 Å². The number of ether oxygens (including phenoxy) is 1. The first-order valence-corrected chi connectivity index (χ1v) is 8.35. The number of aliphatic imine (C=N–C) groups is 1. The van der Waals surface area contributed by atoms with Crippen LogP contribution in [-0.4, -0.2) is 55.3 Å². The van der Waals surface area contributed by atoms with Crippen LogP contribution in [-0.2, 0) is 11.2 Å². The summed E-state index contributed by atoms with van der Waals surface area (Å²) in [5.41, 5.74) is -0.480. The van der Waals surface area contributed by atoms with Crippen LogP contribution >= 0.6 is 0 Å². The van der Waals surface area contributed by atoms with Crippen molar-refractivity contribution in [1.29, 1.82) is 0 Å². The predicted molar refractivity (Wildman–Crippen MR) is 93.1 cm³/mol. The molecule has 0 aromatic carbocycles.